The molecule has 1 heterocycles. The maximum Gasteiger partial charge on any atom is 0.291 e. The molecule has 0 atom stereocenters. The lowest BCUT2D eigenvalue weighted by molar-refractivity contribution is -0.120. The van der Waals surface area contributed by atoms with Crippen LogP contribution in [0.4, 0.5) is 11.4 Å². The third kappa shape index (κ3) is 4.21. The van der Waals surface area contributed by atoms with Crippen molar-refractivity contribution in [2.75, 3.05) is 17.7 Å². The Morgan fingerprint density at radius 1 is 1.08 bits per heavy atom. The first kappa shape index (κ1) is 17.1. The second-order valence-electron chi connectivity index (χ2n) is 6.17. The van der Waals surface area contributed by atoms with E-state index in [0.29, 0.717) is 17.1 Å². The molecule has 0 radical (unpaired) electrons. The van der Waals surface area contributed by atoms with Crippen LogP contribution in [0, 0.1) is 5.92 Å². The second-order valence-corrected chi connectivity index (χ2v) is 6.17. The van der Waals surface area contributed by atoms with Gasteiger partial charge in [-0.3, -0.25) is 9.59 Å². The van der Waals surface area contributed by atoms with E-state index in [2.05, 4.69) is 10.6 Å². The average Bonchev–Trinajstić information content (AvgIpc) is 3.18. The van der Waals surface area contributed by atoms with Crippen molar-refractivity contribution in [2.45, 2.75) is 32.1 Å². The maximum atomic E-state index is 12.6. The molecule has 0 saturated heterocycles. The first-order valence-corrected chi connectivity index (χ1v) is 8.51. The number of carbonyl (C=O) groups is 2. The van der Waals surface area contributed by atoms with E-state index < -0.39 is 0 Å². The van der Waals surface area contributed by atoms with Crippen molar-refractivity contribution in [3.63, 3.8) is 0 Å². The van der Waals surface area contributed by atoms with Crippen LogP contribution in [0.2, 0.25) is 0 Å². The Morgan fingerprint density at radius 3 is 2.56 bits per heavy atom. The molecule has 0 unspecified atom stereocenters. The van der Waals surface area contributed by atoms with Crippen LogP contribution in [0.3, 0.4) is 0 Å². The minimum absolute atomic E-state index is 0.0125. The summed E-state index contributed by atoms with van der Waals surface area (Å²) in [7, 11) is 1.56. The highest BCUT2D eigenvalue weighted by Gasteiger charge is 2.22. The van der Waals surface area contributed by atoms with Gasteiger partial charge in [0.2, 0.25) is 5.91 Å². The van der Waals surface area contributed by atoms with Gasteiger partial charge in [0.15, 0.2) is 5.76 Å². The lowest BCUT2D eigenvalue weighted by Gasteiger charge is -2.22. The van der Waals surface area contributed by atoms with Gasteiger partial charge >= 0.3 is 0 Å². The van der Waals surface area contributed by atoms with Gasteiger partial charge in [0.25, 0.3) is 5.91 Å². The molecule has 0 bridgehead atoms. The Hall–Kier alpha value is -2.76. The van der Waals surface area contributed by atoms with Gasteiger partial charge in [0.1, 0.15) is 5.75 Å². The van der Waals surface area contributed by atoms with Crippen LogP contribution in [0.1, 0.15) is 42.7 Å². The Morgan fingerprint density at radius 2 is 1.88 bits per heavy atom. The molecule has 1 aliphatic carbocycles. The topological polar surface area (TPSA) is 80.6 Å². The van der Waals surface area contributed by atoms with Crippen LogP contribution in [0.5, 0.6) is 5.75 Å². The minimum atomic E-state index is -0.372. The van der Waals surface area contributed by atoms with Crippen LogP contribution in [-0.2, 0) is 4.79 Å². The number of hydrogen-bond donors (Lipinski definition) is 2. The number of benzene rings is 1. The molecule has 1 aromatic heterocycles. The summed E-state index contributed by atoms with van der Waals surface area (Å²) in [6.07, 6.45) is 6.60. The molecule has 0 aliphatic heterocycles. The quantitative estimate of drug-likeness (QED) is 0.858. The molecule has 1 aromatic carbocycles. The van der Waals surface area contributed by atoms with E-state index in [1.54, 1.807) is 37.4 Å². The van der Waals surface area contributed by atoms with Crippen LogP contribution in [0.25, 0.3) is 0 Å². The monoisotopic (exact) mass is 342 g/mol. The molecule has 2 amide bonds. The van der Waals surface area contributed by atoms with Crippen molar-refractivity contribution in [2.24, 2.45) is 5.92 Å². The number of amides is 2. The zero-order valence-corrected chi connectivity index (χ0v) is 14.2. The van der Waals surface area contributed by atoms with Crippen LogP contribution < -0.4 is 15.4 Å². The van der Waals surface area contributed by atoms with E-state index in [1.165, 1.54) is 12.7 Å². The van der Waals surface area contributed by atoms with Gasteiger partial charge in [0, 0.05) is 12.0 Å². The van der Waals surface area contributed by atoms with E-state index in [9.17, 15) is 9.59 Å². The molecule has 6 heteroatoms. The summed E-state index contributed by atoms with van der Waals surface area (Å²) in [5.74, 6) is 0.452. The van der Waals surface area contributed by atoms with Gasteiger partial charge < -0.3 is 19.8 Å². The number of carbonyl (C=O) groups excluding carboxylic acids is 2. The number of nitrogens with one attached hydrogen (secondary N) is 2. The molecule has 25 heavy (non-hydrogen) atoms. The molecule has 132 valence electrons. The van der Waals surface area contributed by atoms with E-state index in [0.717, 1.165) is 25.7 Å². The number of methoxy groups -OCH3 is 1. The molecule has 1 aliphatic rings. The predicted molar refractivity (Wildman–Crippen MR) is 94.9 cm³/mol. The summed E-state index contributed by atoms with van der Waals surface area (Å²) in [5.41, 5.74) is 1.03. The van der Waals surface area contributed by atoms with Crippen LogP contribution in [0.15, 0.2) is 41.0 Å². The smallest absolute Gasteiger partial charge is 0.291 e. The summed E-state index contributed by atoms with van der Waals surface area (Å²) in [4.78, 5) is 24.8. The highest BCUT2D eigenvalue weighted by Crippen LogP contribution is 2.30. The first-order valence-electron chi connectivity index (χ1n) is 8.51. The highest BCUT2D eigenvalue weighted by atomic mass is 16.5. The number of ether oxygens (including phenoxy) is 1. The fraction of sp³-hybridized carbons (Fsp3) is 0.368. The van der Waals surface area contributed by atoms with Gasteiger partial charge in [-0.25, -0.2) is 0 Å². The summed E-state index contributed by atoms with van der Waals surface area (Å²) < 4.78 is 10.3. The van der Waals surface area contributed by atoms with Gasteiger partial charge in [-0.2, -0.15) is 0 Å². The normalized spacial score (nSPS) is 14.8. The molecular formula is C19H22N2O4. The SMILES string of the molecule is COc1ccc(NC(=O)c2ccco2)c(NC(=O)C2CCCCC2)c1. The molecular weight excluding hydrogens is 320 g/mol. The van der Waals surface area contributed by atoms with Gasteiger partial charge in [-0.05, 0) is 37.1 Å². The summed E-state index contributed by atoms with van der Waals surface area (Å²) in [6.45, 7) is 0. The third-order valence-corrected chi connectivity index (χ3v) is 4.45. The van der Waals surface area contributed by atoms with Crippen LogP contribution >= 0.6 is 0 Å². The molecule has 2 N–H and O–H groups in total. The van der Waals surface area contributed by atoms with E-state index >= 15 is 0 Å². The Labute approximate surface area is 146 Å². The molecule has 0 spiro atoms. The fourth-order valence-electron chi connectivity index (χ4n) is 3.05. The van der Waals surface area contributed by atoms with Crippen LogP contribution in [-0.4, -0.2) is 18.9 Å². The molecule has 1 saturated carbocycles. The Balaban J connectivity index is 1.78. The number of furan rings is 1. The van der Waals surface area contributed by atoms with E-state index in [-0.39, 0.29) is 23.5 Å². The zero-order valence-electron chi connectivity index (χ0n) is 14.2. The Kier molecular flexibility index (Phi) is 5.38. The molecule has 6 nitrogen and oxygen atoms in total. The lowest BCUT2D eigenvalue weighted by Crippen LogP contribution is -2.25. The van der Waals surface area contributed by atoms with Gasteiger partial charge in [0.05, 0.1) is 24.7 Å². The number of anilines is 2. The maximum absolute atomic E-state index is 12.6. The van der Waals surface area contributed by atoms with Crippen molar-refractivity contribution in [3.8, 4) is 5.75 Å². The van der Waals surface area contributed by atoms with Crippen molar-refractivity contribution in [1.82, 2.24) is 0 Å². The lowest BCUT2D eigenvalue weighted by atomic mass is 9.88. The van der Waals surface area contributed by atoms with Crippen molar-refractivity contribution >= 4 is 23.2 Å². The number of hydrogen-bond acceptors (Lipinski definition) is 4. The van der Waals surface area contributed by atoms with Crippen molar-refractivity contribution in [3.05, 3.63) is 42.4 Å². The fourth-order valence-corrected chi connectivity index (χ4v) is 3.05. The zero-order chi connectivity index (χ0) is 17.6. The van der Waals surface area contributed by atoms with Crippen molar-refractivity contribution in [1.29, 1.82) is 0 Å². The van der Waals surface area contributed by atoms with E-state index in [1.807, 2.05) is 0 Å². The summed E-state index contributed by atoms with van der Waals surface area (Å²) in [6, 6.07) is 8.37. The Bertz CT molecular complexity index is 734. The van der Waals surface area contributed by atoms with Gasteiger partial charge in [-0.15, -0.1) is 0 Å². The predicted octanol–water partition coefficient (Wildman–Crippen LogP) is 4.06. The average molecular weight is 342 g/mol. The molecule has 2 aromatic rings. The highest BCUT2D eigenvalue weighted by molar-refractivity contribution is 6.06. The minimum Gasteiger partial charge on any atom is -0.497 e. The van der Waals surface area contributed by atoms with Crippen molar-refractivity contribution < 1.29 is 18.7 Å². The first-order chi connectivity index (χ1) is 12.2. The molecule has 3 rings (SSSR count). The summed E-state index contributed by atoms with van der Waals surface area (Å²) >= 11 is 0. The largest absolute Gasteiger partial charge is 0.497 e. The summed E-state index contributed by atoms with van der Waals surface area (Å²) in [5, 5.41) is 5.71. The van der Waals surface area contributed by atoms with E-state index in [4.69, 9.17) is 9.15 Å². The number of rotatable bonds is 5. The third-order valence-electron chi connectivity index (χ3n) is 4.45. The standard InChI is InChI=1S/C19H22N2O4/c1-24-14-9-10-15(20-19(23)17-8-5-11-25-17)16(12-14)21-18(22)13-6-3-2-4-7-13/h5,8-13H,2-4,6-7H2,1H3,(H,20,23)(H,21,22). The second kappa shape index (κ2) is 7.88. The van der Waals surface area contributed by atoms with Gasteiger partial charge in [-0.1, -0.05) is 19.3 Å². The molecule has 1 fully saturated rings.